The molecule has 1 unspecified atom stereocenters. The molecule has 11 nitrogen and oxygen atoms in total. The third-order valence-electron chi connectivity index (χ3n) is 8.41. The monoisotopic (exact) mass is 592 g/mol. The van der Waals surface area contributed by atoms with Gasteiger partial charge in [-0.15, -0.1) is 0 Å². The summed E-state index contributed by atoms with van der Waals surface area (Å²) in [4.78, 5) is 53.9. The number of hydrogen-bond donors (Lipinski definition) is 5. The third-order valence-corrected chi connectivity index (χ3v) is 8.41. The maximum atomic E-state index is 13.9. The second kappa shape index (κ2) is 15.4. The van der Waals surface area contributed by atoms with Crippen LogP contribution in [0.2, 0.25) is 0 Å². The first kappa shape index (κ1) is 31.8. The molecule has 232 valence electrons. The average molecular weight is 593 g/mol. The number of ether oxygens (including phenoxy) is 1. The van der Waals surface area contributed by atoms with Gasteiger partial charge in [-0.2, -0.15) is 0 Å². The molecule has 0 aromatic heterocycles. The molecule has 2 fully saturated rings. The van der Waals surface area contributed by atoms with Gasteiger partial charge < -0.3 is 36.6 Å². The van der Waals surface area contributed by atoms with E-state index in [2.05, 4.69) is 21.3 Å². The van der Waals surface area contributed by atoms with Crippen molar-refractivity contribution < 1.29 is 23.9 Å². The zero-order chi connectivity index (χ0) is 30.8. The number of hydrogen-bond acceptors (Lipinski definition) is 6. The zero-order valence-corrected chi connectivity index (χ0v) is 25.0. The van der Waals surface area contributed by atoms with Crippen molar-refractivity contribution >= 4 is 23.8 Å². The number of nitrogens with two attached hydrogens (primary N) is 1. The summed E-state index contributed by atoms with van der Waals surface area (Å²) in [5.41, 5.74) is 8.03. The first-order valence-corrected chi connectivity index (χ1v) is 15.1. The highest BCUT2D eigenvalue weighted by atomic mass is 16.5. The van der Waals surface area contributed by atoms with Crippen LogP contribution >= 0.6 is 0 Å². The van der Waals surface area contributed by atoms with Crippen LogP contribution in [0, 0.1) is 5.92 Å². The Kier molecular flexibility index (Phi) is 11.4. The predicted octanol–water partition coefficient (Wildman–Crippen LogP) is 1.85. The molecule has 2 aromatic carbocycles. The predicted molar refractivity (Wildman–Crippen MR) is 163 cm³/mol. The lowest BCUT2D eigenvalue weighted by Crippen LogP contribution is -2.63. The molecule has 2 saturated heterocycles. The summed E-state index contributed by atoms with van der Waals surface area (Å²) in [6.07, 6.45) is 3.49. The highest BCUT2D eigenvalue weighted by Crippen LogP contribution is 2.36. The molecule has 2 aliphatic rings. The minimum Gasteiger partial charge on any atom is -0.497 e. The normalized spacial score (nSPS) is 21.8. The van der Waals surface area contributed by atoms with E-state index in [9.17, 15) is 19.2 Å². The Labute approximate surface area is 253 Å². The van der Waals surface area contributed by atoms with Crippen LogP contribution in [0.5, 0.6) is 5.75 Å². The molecule has 11 heteroatoms. The van der Waals surface area contributed by atoms with Crippen molar-refractivity contribution in [3.05, 3.63) is 65.7 Å². The van der Waals surface area contributed by atoms with Crippen LogP contribution in [0.15, 0.2) is 54.6 Å². The molecule has 0 spiro atoms. The summed E-state index contributed by atoms with van der Waals surface area (Å²) in [7, 11) is 1.62. The van der Waals surface area contributed by atoms with Crippen LogP contribution in [0.3, 0.4) is 0 Å². The zero-order valence-electron chi connectivity index (χ0n) is 25.0. The minimum atomic E-state index is -0.816. The molecule has 5 amide bonds. The number of benzene rings is 2. The summed E-state index contributed by atoms with van der Waals surface area (Å²) in [6.45, 7) is 3.00. The van der Waals surface area contributed by atoms with E-state index in [1.54, 1.807) is 12.0 Å². The van der Waals surface area contributed by atoms with Gasteiger partial charge in [-0.1, -0.05) is 49.4 Å². The highest BCUT2D eigenvalue weighted by Gasteiger charge is 2.50. The Hall–Kier alpha value is -4.12. The Morgan fingerprint density at radius 3 is 2.42 bits per heavy atom. The van der Waals surface area contributed by atoms with Crippen molar-refractivity contribution in [1.29, 1.82) is 0 Å². The number of methoxy groups -OCH3 is 1. The lowest BCUT2D eigenvalue weighted by molar-refractivity contribution is -0.148. The number of amides is 5. The topological polar surface area (TPSA) is 155 Å². The highest BCUT2D eigenvalue weighted by molar-refractivity contribution is 5.94. The number of rotatable bonds is 13. The van der Waals surface area contributed by atoms with Crippen molar-refractivity contribution in [2.24, 2.45) is 11.7 Å². The van der Waals surface area contributed by atoms with Gasteiger partial charge in [0.1, 0.15) is 17.8 Å². The Bertz CT molecular complexity index is 1240. The van der Waals surface area contributed by atoms with E-state index in [-0.39, 0.29) is 29.8 Å². The number of piperidine rings is 1. The summed E-state index contributed by atoms with van der Waals surface area (Å²) >= 11 is 0. The fourth-order valence-electron chi connectivity index (χ4n) is 5.91. The van der Waals surface area contributed by atoms with E-state index in [4.69, 9.17) is 10.5 Å². The smallest absolute Gasteiger partial charge is 0.315 e. The van der Waals surface area contributed by atoms with Gasteiger partial charge in [0.25, 0.3) is 0 Å². The Balaban J connectivity index is 1.34. The number of carbonyl (C=O) groups excluding carboxylic acids is 4. The summed E-state index contributed by atoms with van der Waals surface area (Å²) in [6, 6.07) is 14.8. The number of urea groups is 1. The first-order chi connectivity index (χ1) is 20.8. The summed E-state index contributed by atoms with van der Waals surface area (Å²) in [5.74, 6) is -0.268. The quantitative estimate of drug-likeness (QED) is 0.239. The molecule has 43 heavy (non-hydrogen) atoms. The fraction of sp³-hybridized carbons (Fsp3) is 0.500. The van der Waals surface area contributed by atoms with Crippen molar-refractivity contribution in [1.82, 2.24) is 26.2 Å². The van der Waals surface area contributed by atoms with E-state index >= 15 is 0 Å². The van der Waals surface area contributed by atoms with Gasteiger partial charge in [0, 0.05) is 25.7 Å². The van der Waals surface area contributed by atoms with Gasteiger partial charge >= 0.3 is 6.03 Å². The molecule has 0 bridgehead atoms. The van der Waals surface area contributed by atoms with E-state index in [0.29, 0.717) is 58.2 Å². The standard InChI is InChI=1S/C32H44N6O5/c1-3-26(33)29(39)37-28-23(16-18-35-32(42)36-20-22-7-5-4-6-8-22)19-24-11-14-27(38(24)31(28)41)30(40)34-17-15-21-9-12-25(43-2)13-10-21/h4-10,12-13,23-24,26-28H,3,11,14-20,33H2,1-2H3,(H,34,40)(H,37,39)(H2,35,36,42)/t23-,24?,26-,27-,28-/m0/s1. The number of nitrogens with zero attached hydrogens (tertiary/aromatic N) is 1. The van der Waals surface area contributed by atoms with Crippen molar-refractivity contribution in [2.75, 3.05) is 20.2 Å². The van der Waals surface area contributed by atoms with Crippen molar-refractivity contribution in [3.8, 4) is 5.75 Å². The van der Waals surface area contributed by atoms with Crippen molar-refractivity contribution in [3.63, 3.8) is 0 Å². The minimum absolute atomic E-state index is 0.102. The molecule has 2 aromatic rings. The summed E-state index contributed by atoms with van der Waals surface area (Å²) in [5, 5.41) is 11.6. The molecule has 0 aliphatic carbocycles. The van der Waals surface area contributed by atoms with Crippen LogP contribution in [0.25, 0.3) is 0 Å². The molecule has 5 atom stereocenters. The number of carbonyl (C=O) groups is 4. The molecule has 0 radical (unpaired) electrons. The second-order valence-corrected chi connectivity index (χ2v) is 11.3. The van der Waals surface area contributed by atoms with Crippen molar-refractivity contribution in [2.45, 2.75) is 76.2 Å². The van der Waals surface area contributed by atoms with Gasteiger partial charge in [0.2, 0.25) is 17.7 Å². The van der Waals surface area contributed by atoms with Crippen LogP contribution < -0.4 is 31.7 Å². The van der Waals surface area contributed by atoms with Gasteiger partial charge in [0.15, 0.2) is 0 Å². The van der Waals surface area contributed by atoms with E-state index < -0.39 is 24.0 Å². The third kappa shape index (κ3) is 8.47. The van der Waals surface area contributed by atoms with Gasteiger partial charge in [-0.3, -0.25) is 14.4 Å². The van der Waals surface area contributed by atoms with Crippen LogP contribution in [0.4, 0.5) is 4.79 Å². The Morgan fingerprint density at radius 2 is 1.72 bits per heavy atom. The molecule has 0 saturated carbocycles. The largest absolute Gasteiger partial charge is 0.497 e. The van der Waals surface area contributed by atoms with Crippen LogP contribution in [-0.4, -0.2) is 73.0 Å². The van der Waals surface area contributed by atoms with Gasteiger partial charge in [0.05, 0.1) is 13.2 Å². The lowest BCUT2D eigenvalue weighted by Gasteiger charge is -2.42. The SMILES string of the molecule is CC[C@H](N)C(=O)N[C@@H]1C(=O)N2C(CC[C@H]2C(=O)NCCc2ccc(OC)cc2)C[C@@H]1CCNC(=O)NCc1ccccc1. The van der Waals surface area contributed by atoms with Crippen LogP contribution in [-0.2, 0) is 27.3 Å². The molecule has 2 heterocycles. The molecule has 4 rings (SSSR count). The molecule has 2 aliphatic heterocycles. The average Bonchev–Trinajstić information content (AvgIpc) is 3.46. The maximum Gasteiger partial charge on any atom is 0.315 e. The molecule has 6 N–H and O–H groups in total. The van der Waals surface area contributed by atoms with Gasteiger partial charge in [-0.05, 0) is 67.7 Å². The molecular formula is C32H44N6O5. The molecular weight excluding hydrogens is 548 g/mol. The van der Waals surface area contributed by atoms with E-state index in [0.717, 1.165) is 16.9 Å². The lowest BCUT2D eigenvalue weighted by atomic mass is 9.83. The first-order valence-electron chi connectivity index (χ1n) is 15.1. The summed E-state index contributed by atoms with van der Waals surface area (Å²) < 4.78 is 5.19. The van der Waals surface area contributed by atoms with Crippen LogP contribution in [0.1, 0.15) is 50.2 Å². The maximum absolute atomic E-state index is 13.9. The Morgan fingerprint density at radius 1 is 0.977 bits per heavy atom. The van der Waals surface area contributed by atoms with E-state index in [1.807, 2.05) is 61.5 Å². The number of fused-ring (bicyclic) bond motifs is 1. The van der Waals surface area contributed by atoms with Gasteiger partial charge in [-0.25, -0.2) is 4.79 Å². The van der Waals surface area contributed by atoms with E-state index in [1.165, 1.54) is 0 Å². The number of nitrogens with one attached hydrogen (secondary N) is 4. The fourth-order valence-corrected chi connectivity index (χ4v) is 5.91. The second-order valence-electron chi connectivity index (χ2n) is 11.3.